The third-order valence-corrected chi connectivity index (χ3v) is 2.86. The minimum Gasteiger partial charge on any atom is -0.870 e. The summed E-state index contributed by atoms with van der Waals surface area (Å²) >= 11 is 0. The Bertz CT molecular complexity index is 578. The molecule has 11 nitrogen and oxygen atoms in total. The number of nitrogens with one attached hydrogen (secondary N) is 1. The van der Waals surface area contributed by atoms with E-state index in [1.54, 1.807) is 4.90 Å². The molecule has 1 heterocycles. The van der Waals surface area contributed by atoms with E-state index in [1.807, 2.05) is 0 Å². The maximum absolute atomic E-state index is 10.4. The zero-order chi connectivity index (χ0) is 15.0. The van der Waals surface area contributed by atoms with Gasteiger partial charge in [-0.1, -0.05) is 0 Å². The standard InChI is InChI=1S/C9H16N5O5S.2Li.H2O/c15-4-2-14(3-5-16)9-12-7-11-8(13-9)10-1-6-20(17,18)19;;;/h15-16H,1-6H2,(H,17,18,19)(H,10,11,12,13);;;1H2/q-1;2*+1;/p-2. The Morgan fingerprint density at radius 1 is 1.22 bits per heavy atom. The number of aliphatic hydroxyl groups excluding tert-OH is 2. The molecule has 0 atom stereocenters. The van der Waals surface area contributed by atoms with Gasteiger partial charge in [-0.25, -0.2) is 8.42 Å². The summed E-state index contributed by atoms with van der Waals surface area (Å²) in [5, 5.41) is 17.8. The number of hydrogen-bond acceptors (Lipinski definition) is 10. The topological polar surface area (TPSA) is 185 Å². The number of hydrogen-bond donors (Lipinski definition) is 3. The van der Waals surface area contributed by atoms with E-state index in [0.717, 1.165) is 0 Å². The van der Waals surface area contributed by atoms with Crippen LogP contribution in [0.2, 0.25) is 0 Å². The summed E-state index contributed by atoms with van der Waals surface area (Å²) in [5.74, 6) is -0.358. The number of aliphatic hydroxyl groups is 2. The van der Waals surface area contributed by atoms with Gasteiger partial charge >= 0.3 is 37.7 Å². The van der Waals surface area contributed by atoms with E-state index < -0.39 is 15.9 Å². The molecule has 0 unspecified atom stereocenters. The molecular weight excluding hydrogens is 320 g/mol. The predicted molar refractivity (Wildman–Crippen MR) is 68.5 cm³/mol. The van der Waals surface area contributed by atoms with Gasteiger partial charge < -0.3 is 45.1 Å². The fraction of sp³-hybridized carbons (Fsp3) is 0.667. The summed E-state index contributed by atoms with van der Waals surface area (Å²) < 4.78 is 31.3. The Hall–Kier alpha value is -0.405. The average molecular weight is 336 g/mol. The molecular formula is C9H16Li2N5O6S-. The molecule has 0 fully saturated rings. The Morgan fingerprint density at radius 2 is 1.78 bits per heavy atom. The summed E-state index contributed by atoms with van der Waals surface area (Å²) in [6.45, 7) is -0.0449. The smallest absolute Gasteiger partial charge is 0.870 e. The van der Waals surface area contributed by atoms with E-state index in [-0.39, 0.29) is 87.6 Å². The third kappa shape index (κ3) is 11.7. The zero-order valence-corrected chi connectivity index (χ0v) is 13.8. The van der Waals surface area contributed by atoms with E-state index in [0.29, 0.717) is 0 Å². The average Bonchev–Trinajstić information content (AvgIpc) is 2.37. The second-order valence-electron chi connectivity index (χ2n) is 3.67. The first-order valence-corrected chi connectivity index (χ1v) is 7.29. The van der Waals surface area contributed by atoms with Crippen molar-refractivity contribution in [2.24, 2.45) is 4.99 Å². The molecule has 0 saturated carbocycles. The molecule has 0 amide bonds. The van der Waals surface area contributed by atoms with Crippen LogP contribution in [0.15, 0.2) is 4.99 Å². The Morgan fingerprint density at radius 3 is 2.26 bits per heavy atom. The van der Waals surface area contributed by atoms with Crippen molar-refractivity contribution in [1.82, 2.24) is 15.0 Å². The SMILES string of the molecule is O=S(=O)([O-])CCN=c1n[c-]nc(N(CCO)CCO)[nH]1.[Li+].[Li+].[OH-]. The molecule has 23 heavy (non-hydrogen) atoms. The molecule has 4 N–H and O–H groups in total. The van der Waals surface area contributed by atoms with Gasteiger partial charge in [0.25, 0.3) is 0 Å². The van der Waals surface area contributed by atoms with Gasteiger partial charge in [-0.05, 0) is 0 Å². The van der Waals surface area contributed by atoms with Crippen LogP contribution in [0.4, 0.5) is 5.95 Å². The van der Waals surface area contributed by atoms with Crippen molar-refractivity contribution in [2.45, 2.75) is 0 Å². The number of aromatic nitrogens is 3. The maximum atomic E-state index is 10.4. The van der Waals surface area contributed by atoms with E-state index >= 15 is 0 Å². The molecule has 0 bridgehead atoms. The molecule has 0 aliphatic rings. The Balaban J connectivity index is -0.00000133. The van der Waals surface area contributed by atoms with Crippen LogP contribution in [0.25, 0.3) is 0 Å². The van der Waals surface area contributed by atoms with Crippen molar-refractivity contribution in [1.29, 1.82) is 0 Å². The molecule has 0 saturated heterocycles. The van der Waals surface area contributed by atoms with Gasteiger partial charge in [0.05, 0.1) is 35.0 Å². The van der Waals surface area contributed by atoms with E-state index in [1.165, 1.54) is 0 Å². The first kappa shape index (κ1) is 27.4. The second kappa shape index (κ2) is 14.0. The summed E-state index contributed by atoms with van der Waals surface area (Å²) in [6.07, 6.45) is 2.32. The van der Waals surface area contributed by atoms with E-state index in [2.05, 4.69) is 26.3 Å². The van der Waals surface area contributed by atoms with Gasteiger partial charge in [0, 0.05) is 26.0 Å². The summed E-state index contributed by atoms with van der Waals surface area (Å²) in [5.41, 5.74) is 0.0551. The number of rotatable bonds is 8. The quantitative estimate of drug-likeness (QED) is 0.235. The number of nitrogens with zero attached hydrogens (tertiary/aromatic N) is 4. The zero-order valence-electron chi connectivity index (χ0n) is 13.0. The van der Waals surface area contributed by atoms with Crippen molar-refractivity contribution in [3.63, 3.8) is 0 Å². The molecule has 0 spiro atoms. The molecule has 122 valence electrons. The fourth-order valence-corrected chi connectivity index (χ4v) is 1.64. The van der Waals surface area contributed by atoms with Crippen LogP contribution < -0.4 is 48.2 Å². The molecule has 1 aromatic heterocycles. The van der Waals surface area contributed by atoms with Crippen LogP contribution in [-0.4, -0.2) is 82.2 Å². The summed E-state index contributed by atoms with van der Waals surface area (Å²) in [6, 6.07) is 0. The van der Waals surface area contributed by atoms with E-state index in [9.17, 15) is 13.0 Å². The molecule has 14 heteroatoms. The molecule has 0 aliphatic carbocycles. The van der Waals surface area contributed by atoms with Crippen molar-refractivity contribution in [3.05, 3.63) is 11.9 Å². The van der Waals surface area contributed by atoms with Gasteiger partial charge in [-0.3, -0.25) is 0 Å². The fourth-order valence-electron chi connectivity index (χ4n) is 1.33. The van der Waals surface area contributed by atoms with Gasteiger partial charge in [0.2, 0.25) is 0 Å². The van der Waals surface area contributed by atoms with Crippen LogP contribution in [0.1, 0.15) is 0 Å². The van der Waals surface area contributed by atoms with Crippen LogP contribution in [0.3, 0.4) is 0 Å². The van der Waals surface area contributed by atoms with Gasteiger partial charge in [0.15, 0.2) is 0 Å². The largest absolute Gasteiger partial charge is 1.00 e. The maximum Gasteiger partial charge on any atom is 1.00 e. The van der Waals surface area contributed by atoms with Crippen LogP contribution in [0.5, 0.6) is 0 Å². The number of anilines is 1. The van der Waals surface area contributed by atoms with Crippen molar-refractivity contribution in [3.8, 4) is 0 Å². The first-order valence-electron chi connectivity index (χ1n) is 5.71. The molecule has 0 aromatic carbocycles. The normalized spacial score (nSPS) is 11.0. The number of aromatic amines is 1. The van der Waals surface area contributed by atoms with Crippen molar-refractivity contribution >= 4 is 16.1 Å². The third-order valence-electron chi connectivity index (χ3n) is 2.18. The van der Waals surface area contributed by atoms with Crippen LogP contribution >= 0.6 is 0 Å². The van der Waals surface area contributed by atoms with Gasteiger partial charge in [-0.15, -0.1) is 0 Å². The monoisotopic (exact) mass is 336 g/mol. The van der Waals surface area contributed by atoms with Gasteiger partial charge in [0.1, 0.15) is 5.62 Å². The van der Waals surface area contributed by atoms with Crippen molar-refractivity contribution in [2.75, 3.05) is 43.5 Å². The predicted octanol–water partition coefficient (Wildman–Crippen LogP) is -9.33. The van der Waals surface area contributed by atoms with Crippen LogP contribution in [0, 0.1) is 6.33 Å². The number of H-pyrrole nitrogens is 1. The first-order chi connectivity index (χ1) is 9.46. The molecule has 1 rings (SSSR count). The molecule has 1 aromatic rings. The minimum absolute atomic E-state index is 0. The Labute approximate surface area is 157 Å². The van der Waals surface area contributed by atoms with Crippen LogP contribution in [-0.2, 0) is 10.1 Å². The molecule has 0 aliphatic heterocycles. The van der Waals surface area contributed by atoms with Gasteiger partial charge in [-0.2, -0.15) is 0 Å². The summed E-state index contributed by atoms with van der Waals surface area (Å²) in [7, 11) is -4.33. The Kier molecular flexibility index (Phi) is 16.7. The second-order valence-corrected chi connectivity index (χ2v) is 5.20. The summed E-state index contributed by atoms with van der Waals surface area (Å²) in [4.78, 5) is 15.5. The minimum atomic E-state index is -4.33. The van der Waals surface area contributed by atoms with Crippen molar-refractivity contribution < 1.29 is 66.4 Å². The van der Waals surface area contributed by atoms with E-state index in [4.69, 9.17) is 10.2 Å². The molecule has 0 radical (unpaired) electrons.